The molecule has 2 aliphatic rings. The zero-order chi connectivity index (χ0) is 26.1. The molecule has 2 fully saturated rings. The van der Waals surface area contributed by atoms with Crippen LogP contribution in [0.4, 0.5) is 30.7 Å². The Balaban J connectivity index is 1.39. The van der Waals surface area contributed by atoms with Crippen molar-refractivity contribution >= 4 is 0 Å². The molecule has 0 spiro atoms. The molecule has 2 aromatic carbocycles. The number of benzene rings is 2. The van der Waals surface area contributed by atoms with E-state index in [4.69, 9.17) is 9.47 Å². The summed E-state index contributed by atoms with van der Waals surface area (Å²) < 4.78 is 112. The predicted molar refractivity (Wildman–Crippen MR) is 116 cm³/mol. The van der Waals surface area contributed by atoms with Gasteiger partial charge in [0.1, 0.15) is 17.4 Å². The lowest BCUT2D eigenvalue weighted by molar-refractivity contribution is -0.222. The highest BCUT2D eigenvalue weighted by Crippen LogP contribution is 2.41. The Kier molecular flexibility index (Phi) is 7.66. The highest BCUT2D eigenvalue weighted by Gasteiger charge is 2.40. The molecule has 0 N–H and O–H groups in total. The van der Waals surface area contributed by atoms with Gasteiger partial charge in [-0.15, -0.1) is 6.58 Å². The van der Waals surface area contributed by atoms with Crippen molar-refractivity contribution in [3.63, 3.8) is 0 Å². The molecular weight excluding hydrogens is 493 g/mol. The van der Waals surface area contributed by atoms with Crippen molar-refractivity contribution < 1.29 is 44.9 Å². The molecule has 1 saturated carbocycles. The molecule has 1 heterocycles. The zero-order valence-corrected chi connectivity index (χ0v) is 19.2. The first-order chi connectivity index (χ1) is 17.0. The second kappa shape index (κ2) is 10.4. The third-order valence-corrected chi connectivity index (χ3v) is 6.71. The minimum Gasteiger partial charge on any atom is -0.429 e. The van der Waals surface area contributed by atoms with E-state index in [-0.39, 0.29) is 36.2 Å². The van der Waals surface area contributed by atoms with Gasteiger partial charge in [0.25, 0.3) is 0 Å². The smallest absolute Gasteiger partial charge is 0.429 e. The van der Waals surface area contributed by atoms with Gasteiger partial charge in [-0.05, 0) is 61.4 Å². The van der Waals surface area contributed by atoms with Gasteiger partial charge in [-0.25, -0.2) is 8.78 Å². The van der Waals surface area contributed by atoms with Gasteiger partial charge in [-0.1, -0.05) is 12.1 Å². The highest BCUT2D eigenvalue weighted by molar-refractivity contribution is 5.33. The van der Waals surface area contributed by atoms with Crippen LogP contribution in [0.3, 0.4) is 0 Å². The van der Waals surface area contributed by atoms with Crippen molar-refractivity contribution in [1.82, 2.24) is 0 Å². The van der Waals surface area contributed by atoms with Gasteiger partial charge < -0.3 is 14.2 Å². The van der Waals surface area contributed by atoms with Crippen LogP contribution in [0.25, 0.3) is 0 Å². The molecule has 1 aliphatic heterocycles. The molecule has 10 heteroatoms. The van der Waals surface area contributed by atoms with Crippen molar-refractivity contribution in [3.8, 4) is 5.75 Å². The lowest BCUT2D eigenvalue weighted by atomic mass is 9.78. The molecule has 0 radical (unpaired) electrons. The zero-order valence-electron chi connectivity index (χ0n) is 19.2. The maximum Gasteiger partial charge on any atom is 0.429 e. The molecule has 0 bridgehead atoms. The molecule has 0 atom stereocenters. The maximum absolute atomic E-state index is 14.7. The average Bonchev–Trinajstić information content (AvgIpc) is 2.83. The number of ether oxygens (including phenoxy) is 3. The summed E-state index contributed by atoms with van der Waals surface area (Å²) in [5.74, 6) is -3.53. The van der Waals surface area contributed by atoms with Crippen LogP contribution in [-0.4, -0.2) is 19.5 Å². The molecule has 1 saturated heterocycles. The SMILES string of the molecule is C=CC1COC(C2CCC(c3ccc(C(F)(F)Oc4ccc(C(F)(F)F)c(F)c4)c(F)c3)CC2)OC1. The Labute approximate surface area is 203 Å². The van der Waals surface area contributed by atoms with Crippen LogP contribution in [-0.2, 0) is 21.8 Å². The van der Waals surface area contributed by atoms with Gasteiger partial charge in [-0.3, -0.25) is 0 Å². The van der Waals surface area contributed by atoms with Crippen LogP contribution >= 0.6 is 0 Å². The summed E-state index contributed by atoms with van der Waals surface area (Å²) in [5.41, 5.74) is -2.16. The van der Waals surface area contributed by atoms with Crippen molar-refractivity contribution in [2.45, 2.75) is 50.2 Å². The minimum atomic E-state index is -4.99. The molecule has 1 aliphatic carbocycles. The number of alkyl halides is 5. The first-order valence-electron chi connectivity index (χ1n) is 11.6. The van der Waals surface area contributed by atoms with Crippen LogP contribution < -0.4 is 4.74 Å². The summed E-state index contributed by atoms with van der Waals surface area (Å²) in [4.78, 5) is 0. The third-order valence-electron chi connectivity index (χ3n) is 6.71. The number of hydrogen-bond acceptors (Lipinski definition) is 3. The molecule has 0 aromatic heterocycles. The van der Waals surface area contributed by atoms with Crippen LogP contribution in [0.15, 0.2) is 49.1 Å². The van der Waals surface area contributed by atoms with Gasteiger partial charge in [0.15, 0.2) is 6.29 Å². The predicted octanol–water partition coefficient (Wildman–Crippen LogP) is 7.56. The number of hydrogen-bond donors (Lipinski definition) is 0. The first-order valence-corrected chi connectivity index (χ1v) is 11.6. The van der Waals surface area contributed by atoms with E-state index >= 15 is 0 Å². The average molecular weight is 518 g/mol. The molecule has 36 heavy (non-hydrogen) atoms. The van der Waals surface area contributed by atoms with E-state index in [1.807, 2.05) is 0 Å². The van der Waals surface area contributed by atoms with E-state index in [1.165, 1.54) is 6.07 Å². The maximum atomic E-state index is 14.7. The van der Waals surface area contributed by atoms with Crippen LogP contribution in [0, 0.1) is 23.5 Å². The van der Waals surface area contributed by atoms with E-state index in [0.717, 1.165) is 25.0 Å². The van der Waals surface area contributed by atoms with Gasteiger partial charge in [0, 0.05) is 17.9 Å². The second-order valence-electron chi connectivity index (χ2n) is 9.14. The van der Waals surface area contributed by atoms with Crippen molar-refractivity contribution in [2.75, 3.05) is 13.2 Å². The largest absolute Gasteiger partial charge is 0.429 e. The lowest BCUT2D eigenvalue weighted by Gasteiger charge is -2.37. The Morgan fingerprint density at radius 1 is 0.833 bits per heavy atom. The molecular formula is C26H25F7O3. The molecule has 196 valence electrons. The van der Waals surface area contributed by atoms with Crippen LogP contribution in [0.5, 0.6) is 5.75 Å². The van der Waals surface area contributed by atoms with Crippen molar-refractivity contribution in [1.29, 1.82) is 0 Å². The summed E-state index contributed by atoms with van der Waals surface area (Å²) in [6, 6.07) is 4.34. The summed E-state index contributed by atoms with van der Waals surface area (Å²) in [6.07, 6.45) is -4.77. The molecule has 2 aromatic rings. The molecule has 0 unspecified atom stereocenters. The monoisotopic (exact) mass is 518 g/mol. The first kappa shape index (κ1) is 26.5. The van der Waals surface area contributed by atoms with Gasteiger partial charge in [0.2, 0.25) is 0 Å². The highest BCUT2D eigenvalue weighted by atomic mass is 19.4. The van der Waals surface area contributed by atoms with Crippen molar-refractivity contribution in [2.24, 2.45) is 11.8 Å². The standard InChI is InChI=1S/C26H25F7O3/c1-2-15-13-34-24(35-14-15)17-5-3-16(4-6-17)18-7-9-21(22(27)11-18)26(32,33)36-19-8-10-20(23(28)12-19)25(29,30)31/h2,7-12,15-17,24H,1,3-6,13-14H2. The second-order valence-corrected chi connectivity index (χ2v) is 9.14. The summed E-state index contributed by atoms with van der Waals surface area (Å²) >= 11 is 0. The molecule has 3 nitrogen and oxygen atoms in total. The normalized spacial score (nSPS) is 25.4. The number of halogens is 7. The van der Waals surface area contributed by atoms with E-state index in [1.54, 1.807) is 6.08 Å². The molecule has 4 rings (SSSR count). The van der Waals surface area contributed by atoms with Crippen LogP contribution in [0.2, 0.25) is 0 Å². The fourth-order valence-electron chi connectivity index (χ4n) is 4.68. The summed E-state index contributed by atoms with van der Waals surface area (Å²) in [6.45, 7) is 4.83. The Morgan fingerprint density at radius 3 is 2.00 bits per heavy atom. The third kappa shape index (κ3) is 5.86. The Morgan fingerprint density at radius 2 is 1.44 bits per heavy atom. The topological polar surface area (TPSA) is 27.7 Å². The fraction of sp³-hybridized carbons (Fsp3) is 0.462. The van der Waals surface area contributed by atoms with Gasteiger partial charge in [0.05, 0.1) is 24.3 Å². The van der Waals surface area contributed by atoms with Crippen molar-refractivity contribution in [3.05, 3.63) is 77.4 Å². The quantitative estimate of drug-likeness (QED) is 0.292. The lowest BCUT2D eigenvalue weighted by Crippen LogP contribution is -2.37. The van der Waals surface area contributed by atoms with Crippen LogP contribution in [0.1, 0.15) is 48.3 Å². The van der Waals surface area contributed by atoms with E-state index < -0.39 is 40.8 Å². The minimum absolute atomic E-state index is 0.0344. The summed E-state index contributed by atoms with van der Waals surface area (Å²) in [7, 11) is 0. The van der Waals surface area contributed by atoms with E-state index in [2.05, 4.69) is 11.3 Å². The molecule has 0 amide bonds. The summed E-state index contributed by atoms with van der Waals surface area (Å²) in [5, 5.41) is 0. The fourth-order valence-corrected chi connectivity index (χ4v) is 4.68. The Bertz CT molecular complexity index is 1070. The van der Waals surface area contributed by atoms with E-state index in [9.17, 15) is 30.7 Å². The van der Waals surface area contributed by atoms with Gasteiger partial charge >= 0.3 is 12.3 Å². The number of rotatable bonds is 6. The van der Waals surface area contributed by atoms with E-state index in [0.29, 0.717) is 37.7 Å². The van der Waals surface area contributed by atoms with Gasteiger partial charge in [-0.2, -0.15) is 22.0 Å². The Hall–Kier alpha value is -2.59.